The summed E-state index contributed by atoms with van der Waals surface area (Å²) in [7, 11) is 0. The number of nitrogens with one attached hydrogen (secondary N) is 1. The Labute approximate surface area is 109 Å². The molecule has 2 aliphatic heterocycles. The molecule has 2 fully saturated rings. The van der Waals surface area contributed by atoms with Crippen LogP contribution in [-0.4, -0.2) is 55.2 Å². The lowest BCUT2D eigenvalue weighted by atomic mass is 9.90. The molecule has 0 saturated carbocycles. The van der Waals surface area contributed by atoms with Crippen LogP contribution in [0.15, 0.2) is 0 Å². The maximum Gasteiger partial charge on any atom is 0.242 e. The van der Waals surface area contributed by atoms with Gasteiger partial charge in [0.25, 0.3) is 0 Å². The van der Waals surface area contributed by atoms with E-state index < -0.39 is 0 Å². The van der Waals surface area contributed by atoms with Gasteiger partial charge in [-0.05, 0) is 32.6 Å². The molecule has 2 rings (SSSR count). The molecule has 0 aromatic heterocycles. The normalized spacial score (nSPS) is 32.3. The zero-order valence-corrected chi connectivity index (χ0v) is 11.4. The number of carbonyl (C=O) groups is 1. The average Bonchev–Trinajstić information content (AvgIpc) is 2.38. The van der Waals surface area contributed by atoms with Gasteiger partial charge in [0.2, 0.25) is 5.91 Å². The van der Waals surface area contributed by atoms with Crippen LogP contribution in [0.25, 0.3) is 0 Å². The SMILES string of the molecule is CC(N)C1CCN(C(=O)[C@H]2NCCO[C@@H]2C)CC1. The van der Waals surface area contributed by atoms with Crippen molar-refractivity contribution in [1.82, 2.24) is 10.2 Å². The van der Waals surface area contributed by atoms with Crippen molar-refractivity contribution in [2.75, 3.05) is 26.2 Å². The van der Waals surface area contributed by atoms with Crippen molar-refractivity contribution in [2.24, 2.45) is 11.7 Å². The summed E-state index contributed by atoms with van der Waals surface area (Å²) in [5.41, 5.74) is 5.92. The molecule has 0 bridgehead atoms. The van der Waals surface area contributed by atoms with E-state index in [1.807, 2.05) is 11.8 Å². The molecule has 2 heterocycles. The molecule has 104 valence electrons. The van der Waals surface area contributed by atoms with Crippen molar-refractivity contribution in [1.29, 1.82) is 0 Å². The molecule has 0 aromatic rings. The van der Waals surface area contributed by atoms with Gasteiger partial charge >= 0.3 is 0 Å². The minimum Gasteiger partial charge on any atom is -0.375 e. The third kappa shape index (κ3) is 3.02. The Morgan fingerprint density at radius 3 is 2.67 bits per heavy atom. The van der Waals surface area contributed by atoms with Gasteiger partial charge in [-0.2, -0.15) is 0 Å². The summed E-state index contributed by atoms with van der Waals surface area (Å²) in [6.07, 6.45) is 2.01. The van der Waals surface area contributed by atoms with Gasteiger partial charge in [-0.15, -0.1) is 0 Å². The lowest BCUT2D eigenvalue weighted by Gasteiger charge is -2.38. The van der Waals surface area contributed by atoms with Crippen LogP contribution in [0.4, 0.5) is 0 Å². The molecule has 5 heteroatoms. The number of hydrogen-bond donors (Lipinski definition) is 2. The molecule has 0 radical (unpaired) electrons. The lowest BCUT2D eigenvalue weighted by Crippen LogP contribution is -2.57. The van der Waals surface area contributed by atoms with E-state index in [2.05, 4.69) is 12.2 Å². The van der Waals surface area contributed by atoms with Crippen molar-refractivity contribution < 1.29 is 9.53 Å². The van der Waals surface area contributed by atoms with Gasteiger partial charge < -0.3 is 20.7 Å². The minimum absolute atomic E-state index is 0.0302. The zero-order valence-electron chi connectivity index (χ0n) is 11.4. The Bertz CT molecular complexity index is 288. The van der Waals surface area contributed by atoms with Crippen LogP contribution in [0, 0.1) is 5.92 Å². The summed E-state index contributed by atoms with van der Waals surface area (Å²) >= 11 is 0. The van der Waals surface area contributed by atoms with Crippen LogP contribution in [0.2, 0.25) is 0 Å². The maximum absolute atomic E-state index is 12.4. The predicted molar refractivity (Wildman–Crippen MR) is 70.2 cm³/mol. The van der Waals surface area contributed by atoms with E-state index in [0.717, 1.165) is 32.5 Å². The number of nitrogens with two attached hydrogens (primary N) is 1. The van der Waals surface area contributed by atoms with E-state index in [1.165, 1.54) is 0 Å². The van der Waals surface area contributed by atoms with Crippen LogP contribution < -0.4 is 11.1 Å². The number of hydrogen-bond acceptors (Lipinski definition) is 4. The highest BCUT2D eigenvalue weighted by molar-refractivity contribution is 5.82. The second-order valence-corrected chi connectivity index (χ2v) is 5.53. The second kappa shape index (κ2) is 5.99. The topological polar surface area (TPSA) is 67.6 Å². The Hall–Kier alpha value is -0.650. The molecular formula is C13H25N3O2. The highest BCUT2D eigenvalue weighted by atomic mass is 16.5. The number of likely N-dealkylation sites (tertiary alicyclic amines) is 1. The fraction of sp³-hybridized carbons (Fsp3) is 0.923. The van der Waals surface area contributed by atoms with Crippen LogP contribution in [-0.2, 0) is 9.53 Å². The zero-order chi connectivity index (χ0) is 13.1. The molecule has 2 saturated heterocycles. The summed E-state index contributed by atoms with van der Waals surface area (Å²) in [4.78, 5) is 14.4. The van der Waals surface area contributed by atoms with E-state index in [-0.39, 0.29) is 24.1 Å². The standard InChI is InChI=1S/C13H25N3O2/c1-9(14)11-3-6-16(7-4-11)13(17)12-10(2)18-8-5-15-12/h9-12,15H,3-8,14H2,1-2H3/t9?,10-,12+/m1/s1. The third-order valence-corrected chi connectivity index (χ3v) is 4.18. The average molecular weight is 255 g/mol. The van der Waals surface area contributed by atoms with Gasteiger partial charge in [-0.3, -0.25) is 4.79 Å². The number of nitrogens with zero attached hydrogens (tertiary/aromatic N) is 1. The number of ether oxygens (including phenoxy) is 1. The quantitative estimate of drug-likeness (QED) is 0.726. The van der Waals surface area contributed by atoms with Crippen molar-refractivity contribution in [2.45, 2.75) is 44.9 Å². The summed E-state index contributed by atoms with van der Waals surface area (Å²) < 4.78 is 5.53. The van der Waals surface area contributed by atoms with Gasteiger partial charge in [0.15, 0.2) is 0 Å². The molecule has 18 heavy (non-hydrogen) atoms. The highest BCUT2D eigenvalue weighted by Crippen LogP contribution is 2.21. The van der Waals surface area contributed by atoms with E-state index in [4.69, 9.17) is 10.5 Å². The van der Waals surface area contributed by atoms with Crippen molar-refractivity contribution >= 4 is 5.91 Å². The first-order valence-electron chi connectivity index (χ1n) is 6.99. The van der Waals surface area contributed by atoms with Crippen LogP contribution in [0.3, 0.4) is 0 Å². The molecule has 0 aliphatic carbocycles. The summed E-state index contributed by atoms with van der Waals surface area (Å²) in [6.45, 7) is 7.13. The van der Waals surface area contributed by atoms with Gasteiger partial charge in [-0.25, -0.2) is 0 Å². The summed E-state index contributed by atoms with van der Waals surface area (Å²) in [5.74, 6) is 0.743. The fourth-order valence-electron chi connectivity index (χ4n) is 2.85. The Kier molecular flexibility index (Phi) is 4.59. The number of morpholine rings is 1. The monoisotopic (exact) mass is 255 g/mol. The predicted octanol–water partition coefficient (Wildman–Crippen LogP) is -0.0509. The number of rotatable bonds is 2. The second-order valence-electron chi connectivity index (χ2n) is 5.53. The first kappa shape index (κ1) is 13.8. The van der Waals surface area contributed by atoms with Crippen molar-refractivity contribution in [3.8, 4) is 0 Å². The fourth-order valence-corrected chi connectivity index (χ4v) is 2.85. The van der Waals surface area contributed by atoms with Gasteiger partial charge in [0, 0.05) is 25.7 Å². The van der Waals surface area contributed by atoms with E-state index in [1.54, 1.807) is 0 Å². The largest absolute Gasteiger partial charge is 0.375 e. The van der Waals surface area contributed by atoms with Crippen molar-refractivity contribution in [3.63, 3.8) is 0 Å². The maximum atomic E-state index is 12.4. The van der Waals surface area contributed by atoms with E-state index >= 15 is 0 Å². The number of carbonyl (C=O) groups excluding carboxylic acids is 1. The molecule has 1 amide bonds. The molecule has 3 N–H and O–H groups in total. The number of piperidine rings is 1. The Balaban J connectivity index is 1.87. The Morgan fingerprint density at radius 1 is 1.44 bits per heavy atom. The van der Waals surface area contributed by atoms with Crippen molar-refractivity contribution in [3.05, 3.63) is 0 Å². The molecule has 1 unspecified atom stereocenters. The first-order valence-corrected chi connectivity index (χ1v) is 6.99. The lowest BCUT2D eigenvalue weighted by molar-refractivity contribution is -0.141. The molecule has 2 aliphatic rings. The molecule has 3 atom stereocenters. The van der Waals surface area contributed by atoms with Crippen LogP contribution in [0.5, 0.6) is 0 Å². The summed E-state index contributed by atoms with van der Waals surface area (Å²) in [5, 5.41) is 3.26. The van der Waals surface area contributed by atoms with E-state index in [0.29, 0.717) is 12.5 Å². The first-order chi connectivity index (χ1) is 8.59. The van der Waals surface area contributed by atoms with Gasteiger partial charge in [-0.1, -0.05) is 0 Å². The third-order valence-electron chi connectivity index (χ3n) is 4.18. The van der Waals surface area contributed by atoms with Gasteiger partial charge in [0.05, 0.1) is 12.7 Å². The molecule has 5 nitrogen and oxygen atoms in total. The van der Waals surface area contributed by atoms with Crippen LogP contribution in [0.1, 0.15) is 26.7 Å². The molecule has 0 spiro atoms. The number of amides is 1. The summed E-state index contributed by atoms with van der Waals surface area (Å²) in [6, 6.07) is 0.0583. The molecule has 0 aromatic carbocycles. The Morgan fingerprint density at radius 2 is 2.11 bits per heavy atom. The van der Waals surface area contributed by atoms with Crippen LogP contribution >= 0.6 is 0 Å². The minimum atomic E-state index is -0.175. The smallest absolute Gasteiger partial charge is 0.242 e. The van der Waals surface area contributed by atoms with Gasteiger partial charge in [0.1, 0.15) is 6.04 Å². The highest BCUT2D eigenvalue weighted by Gasteiger charge is 2.33. The van der Waals surface area contributed by atoms with E-state index in [9.17, 15) is 4.79 Å². The molecular weight excluding hydrogens is 230 g/mol.